The maximum Gasteiger partial charge on any atom is 0.581 e. The van der Waals surface area contributed by atoms with Crippen LogP contribution in [-0.4, -0.2) is 59.6 Å². The van der Waals surface area contributed by atoms with Gasteiger partial charge in [-0.25, -0.2) is 0 Å². The van der Waals surface area contributed by atoms with Gasteiger partial charge in [-0.05, 0) is 6.42 Å². The van der Waals surface area contributed by atoms with E-state index in [-0.39, 0.29) is 0 Å². The SMILES string of the molecule is CO[Si](OC)(OC)C(F)(F)C(F)(F)C(F)(F)C(F)(F)CCCC(F)(F)F. The number of alkyl halides is 11. The molecule has 0 radical (unpaired) electrons. The molecule has 0 atom stereocenters. The minimum absolute atomic E-state index is 0.350. The predicted octanol–water partition coefficient (Wildman–Crippen LogP) is 4.68. The van der Waals surface area contributed by atoms with Crippen LogP contribution in [0.4, 0.5) is 48.3 Å². The molecule has 15 heteroatoms. The maximum atomic E-state index is 14.0. The lowest BCUT2D eigenvalue weighted by molar-refractivity contribution is -0.358. The smallest absolute Gasteiger partial charge is 0.373 e. The van der Waals surface area contributed by atoms with Gasteiger partial charge in [0.05, 0.1) is 0 Å². The standard InChI is InChI=1S/C11H15F11O3Si/c1-23-26(24-2,25-3)11(21,22)10(19,20)9(17,18)7(12,13)5-4-6-8(14,15)16/h4-6H2,1-3H3. The third kappa shape index (κ3) is 4.25. The van der Waals surface area contributed by atoms with Crippen LogP contribution in [0.1, 0.15) is 19.3 Å². The molecular formula is C11H15F11O3Si. The molecule has 0 aliphatic heterocycles. The monoisotopic (exact) mass is 432 g/mol. The second kappa shape index (κ2) is 7.75. The summed E-state index contributed by atoms with van der Waals surface area (Å²) in [6, 6.07) is 0. The summed E-state index contributed by atoms with van der Waals surface area (Å²) in [5, 5.41) is 0. The van der Waals surface area contributed by atoms with Crippen molar-refractivity contribution in [3.05, 3.63) is 0 Å². The van der Waals surface area contributed by atoms with Gasteiger partial charge in [0, 0.05) is 34.2 Å². The van der Waals surface area contributed by atoms with E-state index >= 15 is 0 Å². The van der Waals surface area contributed by atoms with Crippen LogP contribution in [0.3, 0.4) is 0 Å². The number of rotatable bonds is 10. The van der Waals surface area contributed by atoms with Crippen LogP contribution in [0, 0.1) is 0 Å². The molecule has 0 rings (SSSR count). The molecule has 0 amide bonds. The molecule has 0 aliphatic carbocycles. The lowest BCUT2D eigenvalue weighted by atomic mass is 9.99. The number of hydrogen-bond acceptors (Lipinski definition) is 3. The van der Waals surface area contributed by atoms with Gasteiger partial charge in [0.25, 0.3) is 0 Å². The summed E-state index contributed by atoms with van der Waals surface area (Å²) in [4.78, 5) is 0. The summed E-state index contributed by atoms with van der Waals surface area (Å²) < 4.78 is 157. The Bertz CT molecular complexity index is 455. The Hall–Kier alpha value is -0.673. The predicted molar refractivity (Wildman–Crippen MR) is 66.5 cm³/mol. The first-order valence-electron chi connectivity index (χ1n) is 6.62. The molecule has 3 nitrogen and oxygen atoms in total. The van der Waals surface area contributed by atoms with Gasteiger partial charge in [-0.2, -0.15) is 48.3 Å². The highest BCUT2D eigenvalue weighted by Crippen LogP contribution is 2.56. The van der Waals surface area contributed by atoms with Crippen molar-refractivity contribution in [3.63, 3.8) is 0 Å². The summed E-state index contributed by atoms with van der Waals surface area (Å²) in [5.74, 6) is -19.4. The van der Waals surface area contributed by atoms with Crippen LogP contribution in [-0.2, 0) is 13.3 Å². The van der Waals surface area contributed by atoms with Gasteiger partial charge in [-0.3, -0.25) is 0 Å². The van der Waals surface area contributed by atoms with E-state index in [1.165, 1.54) is 0 Å². The second-order valence-corrected chi connectivity index (χ2v) is 8.03. The van der Waals surface area contributed by atoms with E-state index in [1.54, 1.807) is 0 Å². The molecule has 0 aromatic carbocycles. The normalized spacial score (nSPS) is 15.5. The van der Waals surface area contributed by atoms with Crippen molar-refractivity contribution in [3.8, 4) is 0 Å². The summed E-state index contributed by atoms with van der Waals surface area (Å²) in [6.07, 6.45) is -11.1. The fourth-order valence-corrected chi connectivity index (χ4v) is 3.73. The van der Waals surface area contributed by atoms with Crippen LogP contribution in [0.5, 0.6) is 0 Å². The first kappa shape index (κ1) is 25.3. The van der Waals surface area contributed by atoms with Gasteiger partial charge in [0.1, 0.15) is 0 Å². The lowest BCUT2D eigenvalue weighted by Crippen LogP contribution is -2.73. The average Bonchev–Trinajstić information content (AvgIpc) is 2.47. The van der Waals surface area contributed by atoms with Gasteiger partial charge in [0.2, 0.25) is 0 Å². The molecule has 0 bridgehead atoms. The molecule has 0 heterocycles. The van der Waals surface area contributed by atoms with Gasteiger partial charge in [-0.1, -0.05) is 0 Å². The average molecular weight is 432 g/mol. The van der Waals surface area contributed by atoms with Crippen LogP contribution in [0.15, 0.2) is 0 Å². The van der Waals surface area contributed by atoms with Crippen molar-refractivity contribution in [2.45, 2.75) is 48.8 Å². The first-order valence-corrected chi connectivity index (χ1v) is 8.35. The highest BCUT2D eigenvalue weighted by Gasteiger charge is 2.88. The Labute approximate surface area is 141 Å². The fourth-order valence-electron chi connectivity index (χ4n) is 1.92. The van der Waals surface area contributed by atoms with E-state index in [9.17, 15) is 48.3 Å². The van der Waals surface area contributed by atoms with Crippen molar-refractivity contribution >= 4 is 8.80 Å². The molecule has 0 saturated heterocycles. The molecule has 26 heavy (non-hydrogen) atoms. The van der Waals surface area contributed by atoms with Crippen LogP contribution >= 0.6 is 0 Å². The number of hydrogen-bond donors (Lipinski definition) is 0. The molecule has 158 valence electrons. The van der Waals surface area contributed by atoms with Crippen LogP contribution in [0.2, 0.25) is 0 Å². The van der Waals surface area contributed by atoms with Gasteiger partial charge in [-0.15, -0.1) is 0 Å². The largest absolute Gasteiger partial charge is 0.581 e. The third-order valence-electron chi connectivity index (χ3n) is 3.39. The summed E-state index contributed by atoms with van der Waals surface area (Å²) in [5.41, 5.74) is -6.03. The first-order chi connectivity index (χ1) is 11.4. The lowest BCUT2D eigenvalue weighted by Gasteiger charge is -2.41. The molecule has 0 unspecified atom stereocenters. The topological polar surface area (TPSA) is 27.7 Å². The van der Waals surface area contributed by atoms with E-state index in [0.717, 1.165) is 0 Å². The molecule has 0 N–H and O–H groups in total. The van der Waals surface area contributed by atoms with Crippen LogP contribution in [0.25, 0.3) is 0 Å². The molecule has 0 fully saturated rings. The zero-order valence-electron chi connectivity index (χ0n) is 13.5. The Kier molecular flexibility index (Phi) is 7.55. The Balaban J connectivity index is 5.84. The van der Waals surface area contributed by atoms with Gasteiger partial charge in [0.15, 0.2) is 0 Å². The molecule has 0 aliphatic rings. The minimum atomic E-state index is -6.77. The van der Waals surface area contributed by atoms with Crippen molar-refractivity contribution in [2.24, 2.45) is 0 Å². The zero-order valence-corrected chi connectivity index (χ0v) is 14.5. The summed E-state index contributed by atoms with van der Waals surface area (Å²) >= 11 is 0. The Morgan fingerprint density at radius 2 is 1.00 bits per heavy atom. The summed E-state index contributed by atoms with van der Waals surface area (Å²) in [7, 11) is -4.86. The molecule has 0 aromatic heterocycles. The van der Waals surface area contributed by atoms with Crippen molar-refractivity contribution in [2.75, 3.05) is 21.3 Å². The maximum absolute atomic E-state index is 14.0. The van der Waals surface area contributed by atoms with E-state index in [1.807, 2.05) is 0 Å². The molecule has 0 aromatic rings. The minimum Gasteiger partial charge on any atom is -0.373 e. The highest BCUT2D eigenvalue weighted by atomic mass is 28.4. The van der Waals surface area contributed by atoms with E-state index in [2.05, 4.69) is 13.3 Å². The van der Waals surface area contributed by atoms with Crippen molar-refractivity contribution in [1.82, 2.24) is 0 Å². The molecule has 0 saturated carbocycles. The van der Waals surface area contributed by atoms with Crippen molar-refractivity contribution in [1.29, 1.82) is 0 Å². The molecular weight excluding hydrogens is 417 g/mol. The fraction of sp³-hybridized carbons (Fsp3) is 1.00. The second-order valence-electron chi connectivity index (χ2n) is 5.06. The highest BCUT2D eigenvalue weighted by molar-refractivity contribution is 6.63. The Morgan fingerprint density at radius 1 is 0.615 bits per heavy atom. The van der Waals surface area contributed by atoms with Gasteiger partial charge < -0.3 is 13.3 Å². The van der Waals surface area contributed by atoms with Crippen LogP contribution < -0.4 is 0 Å². The van der Waals surface area contributed by atoms with E-state index in [4.69, 9.17) is 0 Å². The number of halogens is 11. The Morgan fingerprint density at radius 3 is 1.31 bits per heavy atom. The van der Waals surface area contributed by atoms with E-state index in [0.29, 0.717) is 21.3 Å². The zero-order chi connectivity index (χ0) is 21.2. The molecule has 0 spiro atoms. The third-order valence-corrected chi connectivity index (χ3v) is 6.09. The van der Waals surface area contributed by atoms with E-state index < -0.39 is 57.6 Å². The van der Waals surface area contributed by atoms with Gasteiger partial charge >= 0.3 is 38.3 Å². The quantitative estimate of drug-likeness (QED) is 0.371. The summed E-state index contributed by atoms with van der Waals surface area (Å²) in [6.45, 7) is 0. The van der Waals surface area contributed by atoms with Crippen molar-refractivity contribution < 1.29 is 61.6 Å².